The van der Waals surface area contributed by atoms with Gasteiger partial charge in [0.15, 0.2) is 0 Å². The monoisotopic (exact) mass is 394 g/mol. The Bertz CT molecular complexity index is 1030. The topological polar surface area (TPSA) is 50.3 Å². The number of aromatic nitrogens is 1. The molecule has 2 heterocycles. The van der Waals surface area contributed by atoms with Crippen molar-refractivity contribution < 1.29 is 17.2 Å². The van der Waals surface area contributed by atoms with E-state index >= 15 is 0 Å². The van der Waals surface area contributed by atoms with E-state index in [0.717, 1.165) is 39.8 Å². The summed E-state index contributed by atoms with van der Waals surface area (Å²) < 4.78 is 55.4. The summed E-state index contributed by atoms with van der Waals surface area (Å²) in [4.78, 5) is 4.01. The van der Waals surface area contributed by atoms with E-state index < -0.39 is 26.6 Å². The van der Waals surface area contributed by atoms with E-state index in [-0.39, 0.29) is 12.5 Å². The summed E-state index contributed by atoms with van der Waals surface area (Å²) in [6.45, 7) is 0.512. The van der Waals surface area contributed by atoms with Gasteiger partial charge in [-0.2, -0.15) is 4.31 Å². The number of piperidine rings is 1. The Kier molecular flexibility index (Phi) is 4.50. The van der Waals surface area contributed by atoms with Crippen LogP contribution in [0.5, 0.6) is 0 Å². The van der Waals surface area contributed by atoms with E-state index in [2.05, 4.69) is 4.98 Å². The molecule has 8 heteroatoms. The first-order valence-electron chi connectivity index (χ1n) is 8.26. The van der Waals surface area contributed by atoms with Gasteiger partial charge in [0.1, 0.15) is 16.5 Å². The smallest absolute Gasteiger partial charge is 0.241 e. The Morgan fingerprint density at radius 2 is 1.96 bits per heavy atom. The fourth-order valence-electron chi connectivity index (χ4n) is 3.24. The maximum atomic E-state index is 14.0. The van der Waals surface area contributed by atoms with Gasteiger partial charge in [0.25, 0.3) is 0 Å². The van der Waals surface area contributed by atoms with Crippen LogP contribution in [0.4, 0.5) is 8.78 Å². The number of nitrogens with zero attached hydrogens (tertiary/aromatic N) is 2. The third-order valence-corrected chi connectivity index (χ3v) is 7.63. The van der Waals surface area contributed by atoms with Gasteiger partial charge in [0.2, 0.25) is 10.0 Å². The molecule has 1 aliphatic rings. The SMILES string of the molecule is O=S(=O)(c1cc(F)ccc1F)N1CCC[C@@H](c2nc3ccccc3s2)C1. The molecule has 26 heavy (non-hydrogen) atoms. The first kappa shape index (κ1) is 17.5. The Morgan fingerprint density at radius 1 is 1.15 bits per heavy atom. The Hall–Kier alpha value is -1.90. The predicted octanol–water partition coefficient (Wildman–Crippen LogP) is 4.14. The van der Waals surface area contributed by atoms with Crippen molar-refractivity contribution in [2.75, 3.05) is 13.1 Å². The van der Waals surface area contributed by atoms with Gasteiger partial charge in [-0.25, -0.2) is 22.2 Å². The second kappa shape index (κ2) is 6.68. The highest BCUT2D eigenvalue weighted by atomic mass is 32.2. The summed E-state index contributed by atoms with van der Waals surface area (Å²) in [6.07, 6.45) is 1.47. The van der Waals surface area contributed by atoms with Crippen molar-refractivity contribution in [3.8, 4) is 0 Å². The van der Waals surface area contributed by atoms with Gasteiger partial charge in [-0.1, -0.05) is 12.1 Å². The largest absolute Gasteiger partial charge is 0.246 e. The normalized spacial score (nSPS) is 19.1. The van der Waals surface area contributed by atoms with Gasteiger partial charge in [-0.05, 0) is 43.2 Å². The second-order valence-corrected chi connectivity index (χ2v) is 9.27. The zero-order valence-corrected chi connectivity index (χ0v) is 15.4. The lowest BCUT2D eigenvalue weighted by Gasteiger charge is -2.31. The lowest BCUT2D eigenvalue weighted by atomic mass is 10.0. The molecule has 1 aliphatic heterocycles. The van der Waals surface area contributed by atoms with E-state index in [0.29, 0.717) is 13.0 Å². The number of para-hydroxylation sites is 1. The maximum Gasteiger partial charge on any atom is 0.246 e. The highest BCUT2D eigenvalue weighted by Gasteiger charge is 2.34. The van der Waals surface area contributed by atoms with Crippen molar-refractivity contribution in [3.63, 3.8) is 0 Å². The first-order chi connectivity index (χ1) is 12.4. The van der Waals surface area contributed by atoms with Crippen molar-refractivity contribution in [3.05, 3.63) is 59.1 Å². The van der Waals surface area contributed by atoms with Crippen molar-refractivity contribution in [1.29, 1.82) is 0 Å². The number of thiazole rings is 1. The quantitative estimate of drug-likeness (QED) is 0.671. The van der Waals surface area contributed by atoms with Crippen LogP contribution in [0.1, 0.15) is 23.8 Å². The van der Waals surface area contributed by atoms with Crippen LogP contribution in [-0.4, -0.2) is 30.8 Å². The van der Waals surface area contributed by atoms with Crippen LogP contribution >= 0.6 is 11.3 Å². The predicted molar refractivity (Wildman–Crippen MR) is 96.7 cm³/mol. The number of rotatable bonds is 3. The molecule has 0 spiro atoms. The molecule has 0 aliphatic carbocycles. The maximum absolute atomic E-state index is 14.0. The van der Waals surface area contributed by atoms with Crippen molar-refractivity contribution >= 4 is 31.6 Å². The van der Waals surface area contributed by atoms with Crippen LogP contribution in [0.25, 0.3) is 10.2 Å². The van der Waals surface area contributed by atoms with E-state index in [1.54, 1.807) is 11.3 Å². The average Bonchev–Trinajstić information content (AvgIpc) is 3.08. The number of halogens is 2. The number of sulfonamides is 1. The molecular formula is C18H16F2N2O2S2. The van der Waals surface area contributed by atoms with Crippen LogP contribution in [0.15, 0.2) is 47.4 Å². The zero-order valence-electron chi connectivity index (χ0n) is 13.7. The molecule has 4 nitrogen and oxygen atoms in total. The Morgan fingerprint density at radius 3 is 2.77 bits per heavy atom. The van der Waals surface area contributed by atoms with Crippen molar-refractivity contribution in [2.24, 2.45) is 0 Å². The number of benzene rings is 2. The molecule has 0 unspecified atom stereocenters. The van der Waals surface area contributed by atoms with Gasteiger partial charge < -0.3 is 0 Å². The zero-order chi connectivity index (χ0) is 18.3. The average molecular weight is 394 g/mol. The second-order valence-electron chi connectivity index (χ2n) is 6.30. The van der Waals surface area contributed by atoms with Crippen LogP contribution in [0, 0.1) is 11.6 Å². The van der Waals surface area contributed by atoms with E-state index in [1.165, 1.54) is 4.31 Å². The lowest BCUT2D eigenvalue weighted by molar-refractivity contribution is 0.314. The van der Waals surface area contributed by atoms with E-state index in [4.69, 9.17) is 0 Å². The van der Waals surface area contributed by atoms with Crippen LogP contribution in [0.2, 0.25) is 0 Å². The molecular weight excluding hydrogens is 378 g/mol. The van der Waals surface area contributed by atoms with Crippen molar-refractivity contribution in [2.45, 2.75) is 23.7 Å². The van der Waals surface area contributed by atoms with Gasteiger partial charge in [0, 0.05) is 19.0 Å². The third kappa shape index (κ3) is 3.13. The van der Waals surface area contributed by atoms with Crippen LogP contribution in [0.3, 0.4) is 0 Å². The number of hydrogen-bond acceptors (Lipinski definition) is 4. The summed E-state index contributed by atoms with van der Waals surface area (Å²) in [5, 5.41) is 0.880. The highest BCUT2D eigenvalue weighted by Crippen LogP contribution is 2.35. The molecule has 0 radical (unpaired) electrons. The molecule has 0 N–H and O–H groups in total. The molecule has 1 atom stereocenters. The summed E-state index contributed by atoms with van der Waals surface area (Å²) in [6, 6.07) is 10.3. The Labute approximate surface area is 154 Å². The van der Waals surface area contributed by atoms with Crippen LogP contribution < -0.4 is 0 Å². The van der Waals surface area contributed by atoms with Gasteiger partial charge in [-0.3, -0.25) is 0 Å². The summed E-state index contributed by atoms with van der Waals surface area (Å²) in [5.41, 5.74) is 0.892. The first-order valence-corrected chi connectivity index (χ1v) is 10.5. The molecule has 1 aromatic heterocycles. The summed E-state index contributed by atoms with van der Waals surface area (Å²) in [5.74, 6) is -1.76. The molecule has 1 fully saturated rings. The van der Waals surface area contributed by atoms with Crippen LogP contribution in [-0.2, 0) is 10.0 Å². The fraction of sp³-hybridized carbons (Fsp3) is 0.278. The van der Waals surface area contributed by atoms with E-state index in [9.17, 15) is 17.2 Å². The number of fused-ring (bicyclic) bond motifs is 1. The number of hydrogen-bond donors (Lipinski definition) is 0. The fourth-order valence-corrected chi connectivity index (χ4v) is 5.93. The standard InChI is InChI=1S/C18H16F2N2O2S2/c19-13-7-8-14(20)17(10-13)26(23,24)22-9-3-4-12(11-22)18-21-15-5-1-2-6-16(15)25-18/h1-2,5-8,10,12H,3-4,9,11H2/t12-/m1/s1. The van der Waals surface area contributed by atoms with Crippen molar-refractivity contribution in [1.82, 2.24) is 9.29 Å². The molecule has 2 aromatic carbocycles. The van der Waals surface area contributed by atoms with Gasteiger partial charge in [0.05, 0.1) is 15.2 Å². The van der Waals surface area contributed by atoms with Gasteiger partial charge in [-0.15, -0.1) is 11.3 Å². The molecule has 1 saturated heterocycles. The minimum absolute atomic E-state index is 0.0486. The minimum atomic E-state index is -4.09. The molecule has 3 aromatic rings. The highest BCUT2D eigenvalue weighted by molar-refractivity contribution is 7.89. The lowest BCUT2D eigenvalue weighted by Crippen LogP contribution is -2.39. The summed E-state index contributed by atoms with van der Waals surface area (Å²) in [7, 11) is -4.09. The summed E-state index contributed by atoms with van der Waals surface area (Å²) >= 11 is 1.55. The molecule has 0 amide bonds. The third-order valence-electron chi connectivity index (χ3n) is 4.55. The Balaban J connectivity index is 1.64. The van der Waals surface area contributed by atoms with E-state index in [1.807, 2.05) is 24.3 Å². The molecule has 0 bridgehead atoms. The molecule has 0 saturated carbocycles. The van der Waals surface area contributed by atoms with Gasteiger partial charge >= 0.3 is 0 Å². The molecule has 4 rings (SSSR count). The molecule has 136 valence electrons. The minimum Gasteiger partial charge on any atom is -0.241 e.